The molecule has 0 saturated heterocycles. The molecule has 1 aromatic carbocycles. The Bertz CT molecular complexity index is 555. The van der Waals surface area contributed by atoms with Crippen molar-refractivity contribution >= 4 is 23.2 Å². The van der Waals surface area contributed by atoms with Crippen molar-refractivity contribution in [3.8, 4) is 6.07 Å². The van der Waals surface area contributed by atoms with Gasteiger partial charge in [-0.2, -0.15) is 10.4 Å². The predicted octanol–water partition coefficient (Wildman–Crippen LogP) is 3.11. The Balaban J connectivity index is 2.28. The normalized spacial score (nSPS) is 10.1. The van der Waals surface area contributed by atoms with E-state index >= 15 is 0 Å². The lowest BCUT2D eigenvalue weighted by Crippen LogP contribution is -2.03. The van der Waals surface area contributed by atoms with Crippen LogP contribution < -0.4 is 0 Å². The van der Waals surface area contributed by atoms with Crippen LogP contribution in [0.25, 0.3) is 0 Å². The molecule has 1 heterocycles. The zero-order valence-electron chi connectivity index (χ0n) is 8.19. The van der Waals surface area contributed by atoms with Gasteiger partial charge in [-0.1, -0.05) is 29.3 Å². The van der Waals surface area contributed by atoms with E-state index in [4.69, 9.17) is 28.5 Å². The first-order chi connectivity index (χ1) is 7.70. The number of aromatic nitrogens is 2. The van der Waals surface area contributed by atoms with Gasteiger partial charge in [-0.05, 0) is 23.8 Å². The minimum absolute atomic E-state index is 0.504. The first-order valence-electron chi connectivity index (χ1n) is 4.56. The third-order valence-corrected chi connectivity index (χ3v) is 2.89. The average Bonchev–Trinajstić information content (AvgIpc) is 2.71. The van der Waals surface area contributed by atoms with Crippen molar-refractivity contribution in [2.45, 2.75) is 6.54 Å². The van der Waals surface area contributed by atoms with Crippen molar-refractivity contribution < 1.29 is 0 Å². The molecule has 0 aliphatic heterocycles. The molecule has 0 spiro atoms. The molecule has 0 radical (unpaired) electrons. The minimum atomic E-state index is 0.504. The monoisotopic (exact) mass is 251 g/mol. The molecule has 2 rings (SSSR count). The summed E-state index contributed by atoms with van der Waals surface area (Å²) >= 11 is 11.7. The first kappa shape index (κ1) is 11.0. The van der Waals surface area contributed by atoms with Gasteiger partial charge >= 0.3 is 0 Å². The lowest BCUT2D eigenvalue weighted by molar-refractivity contribution is 0.677. The van der Waals surface area contributed by atoms with E-state index in [0.717, 1.165) is 5.56 Å². The number of rotatable bonds is 2. The number of hydrogen-bond acceptors (Lipinski definition) is 2. The molecule has 0 amide bonds. The number of hydrogen-bond donors (Lipinski definition) is 0. The first-order valence-corrected chi connectivity index (χ1v) is 5.32. The molecule has 0 atom stereocenters. The summed E-state index contributed by atoms with van der Waals surface area (Å²) in [6.07, 6.45) is 1.59. The molecule has 0 aliphatic rings. The van der Waals surface area contributed by atoms with Gasteiger partial charge in [0.25, 0.3) is 0 Å². The summed E-state index contributed by atoms with van der Waals surface area (Å²) in [7, 11) is 0. The third-order valence-electron chi connectivity index (χ3n) is 2.15. The molecule has 3 nitrogen and oxygen atoms in total. The molecule has 0 saturated carbocycles. The Labute approximate surface area is 103 Å². The van der Waals surface area contributed by atoms with Gasteiger partial charge in [0.15, 0.2) is 0 Å². The van der Waals surface area contributed by atoms with E-state index in [1.807, 2.05) is 6.07 Å². The number of nitrogens with zero attached hydrogens (tertiary/aromatic N) is 3. The van der Waals surface area contributed by atoms with Gasteiger partial charge in [-0.3, -0.25) is 4.68 Å². The second-order valence-electron chi connectivity index (χ2n) is 3.23. The zero-order chi connectivity index (χ0) is 11.5. The summed E-state index contributed by atoms with van der Waals surface area (Å²) in [5.41, 5.74) is 1.47. The third kappa shape index (κ3) is 2.19. The van der Waals surface area contributed by atoms with Crippen LogP contribution in [0.5, 0.6) is 0 Å². The second-order valence-corrected chi connectivity index (χ2v) is 4.05. The van der Waals surface area contributed by atoms with E-state index in [9.17, 15) is 0 Å². The summed E-state index contributed by atoms with van der Waals surface area (Å²) in [4.78, 5) is 0. The van der Waals surface area contributed by atoms with Gasteiger partial charge in [0.1, 0.15) is 11.8 Å². The van der Waals surface area contributed by atoms with Crippen LogP contribution >= 0.6 is 23.2 Å². The van der Waals surface area contributed by atoms with Crippen LogP contribution in [0.1, 0.15) is 11.3 Å². The topological polar surface area (TPSA) is 41.6 Å². The number of benzene rings is 1. The molecule has 0 N–H and O–H groups in total. The van der Waals surface area contributed by atoms with E-state index in [0.29, 0.717) is 22.3 Å². The Kier molecular flexibility index (Phi) is 3.14. The van der Waals surface area contributed by atoms with Crippen LogP contribution in [0.3, 0.4) is 0 Å². The molecule has 0 bridgehead atoms. The van der Waals surface area contributed by atoms with Crippen LogP contribution in [-0.4, -0.2) is 9.78 Å². The lowest BCUT2D eigenvalue weighted by Gasteiger charge is -2.04. The SMILES string of the molecule is N#Cc1ccnn1Cc1ccc(Cl)c(Cl)c1. The van der Waals surface area contributed by atoms with E-state index < -0.39 is 0 Å². The van der Waals surface area contributed by atoms with Gasteiger partial charge in [0, 0.05) is 0 Å². The van der Waals surface area contributed by atoms with E-state index in [2.05, 4.69) is 11.2 Å². The van der Waals surface area contributed by atoms with Crippen molar-refractivity contribution in [3.05, 3.63) is 51.8 Å². The van der Waals surface area contributed by atoms with Crippen LogP contribution in [0, 0.1) is 11.3 Å². The molecule has 2 aromatic rings. The maximum absolute atomic E-state index is 8.83. The Hall–Kier alpha value is -1.50. The summed E-state index contributed by atoms with van der Waals surface area (Å²) < 4.78 is 1.61. The highest BCUT2D eigenvalue weighted by Crippen LogP contribution is 2.23. The van der Waals surface area contributed by atoms with Gasteiger partial charge in [-0.15, -0.1) is 0 Å². The fourth-order valence-corrected chi connectivity index (χ4v) is 1.69. The maximum Gasteiger partial charge on any atom is 0.138 e. The fraction of sp³-hybridized carbons (Fsp3) is 0.0909. The summed E-state index contributed by atoms with van der Waals surface area (Å²) in [6, 6.07) is 9.09. The highest BCUT2D eigenvalue weighted by atomic mass is 35.5. The highest BCUT2D eigenvalue weighted by molar-refractivity contribution is 6.42. The second kappa shape index (κ2) is 4.56. The largest absolute Gasteiger partial charge is 0.250 e. The molecule has 0 fully saturated rings. The summed E-state index contributed by atoms with van der Waals surface area (Å²) in [5, 5.41) is 13.9. The fourth-order valence-electron chi connectivity index (χ4n) is 1.36. The van der Waals surface area contributed by atoms with Crippen LogP contribution in [0.2, 0.25) is 10.0 Å². The predicted molar refractivity (Wildman–Crippen MR) is 62.5 cm³/mol. The average molecular weight is 252 g/mol. The van der Waals surface area contributed by atoms with Crippen LogP contribution in [0.4, 0.5) is 0 Å². The Morgan fingerprint density at radius 3 is 2.75 bits per heavy atom. The lowest BCUT2D eigenvalue weighted by atomic mass is 10.2. The smallest absolute Gasteiger partial charge is 0.138 e. The molecule has 16 heavy (non-hydrogen) atoms. The van der Waals surface area contributed by atoms with Crippen molar-refractivity contribution in [2.24, 2.45) is 0 Å². The van der Waals surface area contributed by atoms with E-state index in [1.54, 1.807) is 29.1 Å². The Morgan fingerprint density at radius 1 is 1.25 bits per heavy atom. The number of halogens is 2. The quantitative estimate of drug-likeness (QED) is 0.823. The van der Waals surface area contributed by atoms with E-state index in [1.165, 1.54) is 0 Å². The van der Waals surface area contributed by atoms with Gasteiger partial charge in [-0.25, -0.2) is 0 Å². The van der Waals surface area contributed by atoms with E-state index in [-0.39, 0.29) is 0 Å². The molecule has 1 aromatic heterocycles. The molecule has 5 heteroatoms. The van der Waals surface area contributed by atoms with Crippen molar-refractivity contribution in [1.82, 2.24) is 9.78 Å². The Morgan fingerprint density at radius 2 is 2.06 bits per heavy atom. The maximum atomic E-state index is 8.83. The van der Waals surface area contributed by atoms with Gasteiger partial charge in [0.05, 0.1) is 22.8 Å². The van der Waals surface area contributed by atoms with Gasteiger partial charge < -0.3 is 0 Å². The van der Waals surface area contributed by atoms with Crippen molar-refractivity contribution in [1.29, 1.82) is 5.26 Å². The molecule has 80 valence electrons. The van der Waals surface area contributed by atoms with Crippen LogP contribution in [-0.2, 0) is 6.54 Å². The summed E-state index contributed by atoms with van der Waals surface area (Å²) in [6.45, 7) is 0.507. The van der Waals surface area contributed by atoms with Crippen molar-refractivity contribution in [3.63, 3.8) is 0 Å². The molecule has 0 aliphatic carbocycles. The molecular formula is C11H7Cl2N3. The van der Waals surface area contributed by atoms with Crippen LogP contribution in [0.15, 0.2) is 30.5 Å². The minimum Gasteiger partial charge on any atom is -0.250 e. The van der Waals surface area contributed by atoms with Crippen molar-refractivity contribution in [2.75, 3.05) is 0 Å². The standard InChI is InChI=1S/C11H7Cl2N3/c12-10-2-1-8(5-11(10)13)7-16-9(6-14)3-4-15-16/h1-5H,7H2. The summed E-state index contributed by atoms with van der Waals surface area (Å²) in [5.74, 6) is 0. The zero-order valence-corrected chi connectivity index (χ0v) is 9.70. The molecular weight excluding hydrogens is 245 g/mol. The molecule has 0 unspecified atom stereocenters. The highest BCUT2D eigenvalue weighted by Gasteiger charge is 2.04. The van der Waals surface area contributed by atoms with Gasteiger partial charge in [0.2, 0.25) is 0 Å². The number of nitriles is 1.